The summed E-state index contributed by atoms with van der Waals surface area (Å²) in [4.78, 5) is 39.0. The molecule has 2 aliphatic heterocycles. The first-order valence-corrected chi connectivity index (χ1v) is 15.5. The molecule has 8 nitrogen and oxygen atoms in total. The van der Waals surface area contributed by atoms with Crippen LogP contribution in [0.15, 0.2) is 53.5 Å². The highest BCUT2D eigenvalue weighted by molar-refractivity contribution is 6.32. The van der Waals surface area contributed by atoms with E-state index in [4.69, 9.17) is 26.2 Å². The van der Waals surface area contributed by atoms with E-state index in [1.807, 2.05) is 35.2 Å². The summed E-state index contributed by atoms with van der Waals surface area (Å²) in [5, 5.41) is 13.7. The Morgan fingerprint density at radius 3 is 2.20 bits per heavy atom. The van der Waals surface area contributed by atoms with Crippen LogP contribution in [0.4, 0.5) is 4.39 Å². The van der Waals surface area contributed by atoms with Gasteiger partial charge in [0, 0.05) is 36.9 Å². The fraction of sp³-hybridized carbons (Fsp3) is 0.559. The summed E-state index contributed by atoms with van der Waals surface area (Å²) in [6.45, 7) is 9.32. The van der Waals surface area contributed by atoms with Crippen LogP contribution in [0.25, 0.3) is 0 Å². The Kier molecular flexibility index (Phi) is 8.23. The lowest BCUT2D eigenvalue weighted by Gasteiger charge is -2.73. The summed E-state index contributed by atoms with van der Waals surface area (Å²) in [7, 11) is 2.14. The number of aliphatic imine (C=N–C) groups is 1. The zero-order valence-corrected chi connectivity index (χ0v) is 26.9. The molecular weight excluding hydrogens is 583 g/mol. The molecule has 5 fully saturated rings. The Hall–Kier alpha value is -3.26. The van der Waals surface area contributed by atoms with Crippen molar-refractivity contribution >= 4 is 29.5 Å². The monoisotopic (exact) mass is 624 g/mol. The number of alkyl halides is 1. The first-order chi connectivity index (χ1) is 20.6. The molecule has 1 spiro atoms. The lowest BCUT2D eigenvalue weighted by molar-refractivity contribution is -0.192. The Bertz CT molecular complexity index is 1460. The maximum Gasteiger partial charge on any atom is 0.373 e. The molecule has 8 rings (SSSR count). The largest absolute Gasteiger partial charge is 0.506 e. The van der Waals surface area contributed by atoms with Crippen LogP contribution in [-0.2, 0) is 20.9 Å². The number of amidine groups is 1. The number of nitrogens with zero attached hydrogens (tertiary/aromatic N) is 3. The second-order valence-corrected chi connectivity index (χ2v) is 14.8. The molecule has 1 atom stereocenters. The van der Waals surface area contributed by atoms with Gasteiger partial charge in [-0.2, -0.15) is 9.59 Å². The summed E-state index contributed by atoms with van der Waals surface area (Å²) < 4.78 is 14.2. The highest BCUT2D eigenvalue weighted by atomic mass is 35.5. The Morgan fingerprint density at radius 1 is 1.11 bits per heavy atom. The van der Waals surface area contributed by atoms with Crippen molar-refractivity contribution in [2.45, 2.75) is 101 Å². The van der Waals surface area contributed by atoms with Crippen molar-refractivity contribution in [3.8, 4) is 5.75 Å². The van der Waals surface area contributed by atoms with Gasteiger partial charge in [-0.3, -0.25) is 14.7 Å². The standard InChI is InChI=1S/C26H34ClFN4O2.C7H8.CO2/c1-22(2)19(20(34)32-8-7-25(32)11-23(3,28)12-25)29-21(30-22)24-13-26(14-24,15-24)31(4)10-16-5-6-18(33)17(27)9-16;1-7-5-3-2-4-6-7;2-1-3/h5-6,9,19,33H,7-8,10-15H2,1-4H3,(H,29,30);2-6H,1H3;/t19-,23?,24?,25?,26?;;/m0../s1. The number of amides is 1. The van der Waals surface area contributed by atoms with Crippen molar-refractivity contribution < 1.29 is 23.9 Å². The first-order valence-electron chi connectivity index (χ1n) is 15.2. The van der Waals surface area contributed by atoms with Crippen molar-refractivity contribution in [1.29, 1.82) is 0 Å². The number of hydrogen-bond donors (Lipinski definition) is 2. The van der Waals surface area contributed by atoms with E-state index in [0.29, 0.717) is 24.4 Å². The molecule has 0 radical (unpaired) electrons. The van der Waals surface area contributed by atoms with E-state index in [9.17, 15) is 14.3 Å². The molecule has 0 aromatic heterocycles. The fourth-order valence-electron chi connectivity index (χ4n) is 8.06. The molecule has 2 aromatic carbocycles. The lowest BCUT2D eigenvalue weighted by Crippen LogP contribution is -2.77. The van der Waals surface area contributed by atoms with Gasteiger partial charge in [0.1, 0.15) is 17.3 Å². The molecule has 4 aliphatic carbocycles. The van der Waals surface area contributed by atoms with E-state index in [-0.39, 0.29) is 34.3 Å². The molecule has 236 valence electrons. The zero-order chi connectivity index (χ0) is 32.1. The van der Waals surface area contributed by atoms with Crippen LogP contribution in [0.3, 0.4) is 0 Å². The Morgan fingerprint density at radius 2 is 1.73 bits per heavy atom. The van der Waals surface area contributed by atoms with E-state index in [1.54, 1.807) is 13.0 Å². The molecule has 1 saturated heterocycles. The van der Waals surface area contributed by atoms with Crippen LogP contribution in [0.1, 0.15) is 70.4 Å². The lowest BCUT2D eigenvalue weighted by atomic mass is 9.38. The molecular formula is C34H42ClFN4O4. The predicted molar refractivity (Wildman–Crippen MR) is 166 cm³/mol. The number of carbonyl (C=O) groups excluding carboxylic acids is 3. The van der Waals surface area contributed by atoms with Gasteiger partial charge >= 0.3 is 6.15 Å². The molecule has 0 unspecified atom stereocenters. The van der Waals surface area contributed by atoms with Crippen LogP contribution >= 0.6 is 11.6 Å². The van der Waals surface area contributed by atoms with E-state index in [0.717, 1.165) is 43.6 Å². The van der Waals surface area contributed by atoms with Crippen LogP contribution < -0.4 is 5.32 Å². The van der Waals surface area contributed by atoms with Gasteiger partial charge in [0.15, 0.2) is 6.04 Å². The van der Waals surface area contributed by atoms with Gasteiger partial charge < -0.3 is 15.3 Å². The topological polar surface area (TPSA) is 102 Å². The van der Waals surface area contributed by atoms with Gasteiger partial charge in [0.2, 0.25) is 5.91 Å². The highest BCUT2D eigenvalue weighted by Gasteiger charge is 2.73. The van der Waals surface area contributed by atoms with E-state index < -0.39 is 17.2 Å². The minimum absolute atomic E-state index is 0.0355. The summed E-state index contributed by atoms with van der Waals surface area (Å²) >= 11 is 6.08. The number of halogens is 2. The van der Waals surface area contributed by atoms with Gasteiger partial charge in [-0.15, -0.1) is 0 Å². The van der Waals surface area contributed by atoms with Gasteiger partial charge in [-0.1, -0.05) is 53.6 Å². The summed E-state index contributed by atoms with van der Waals surface area (Å²) in [6, 6.07) is 15.2. The average Bonchev–Trinajstić information content (AvgIpc) is 3.18. The van der Waals surface area contributed by atoms with Crippen LogP contribution in [0.5, 0.6) is 5.75 Å². The number of nitrogens with one attached hydrogen (secondary N) is 1. The maximum atomic E-state index is 14.2. The smallest absolute Gasteiger partial charge is 0.373 e. The van der Waals surface area contributed by atoms with Crippen molar-refractivity contribution in [3.63, 3.8) is 0 Å². The van der Waals surface area contributed by atoms with Crippen molar-refractivity contribution in [2.75, 3.05) is 13.6 Å². The number of benzene rings is 2. The molecule has 10 heteroatoms. The van der Waals surface area contributed by atoms with Gasteiger partial charge in [0.25, 0.3) is 0 Å². The van der Waals surface area contributed by atoms with Gasteiger partial charge in [-0.05, 0) is 78.1 Å². The predicted octanol–water partition coefficient (Wildman–Crippen LogP) is 5.45. The SMILES string of the molecule is CN(Cc1ccc(O)c(Cl)c1)C12CC(C3=N[C@@H](C(=O)N4CCC45CC(C)(F)C5)C(C)(C)N3)(C1)C2.Cc1ccccc1.O=C=O. The number of rotatable bonds is 5. The van der Waals surface area contributed by atoms with E-state index in [2.05, 4.69) is 50.2 Å². The highest BCUT2D eigenvalue weighted by Crippen LogP contribution is 2.70. The normalized spacial score (nSPS) is 33.4. The third-order valence-corrected chi connectivity index (χ3v) is 10.6. The van der Waals surface area contributed by atoms with Crippen molar-refractivity contribution in [2.24, 2.45) is 10.4 Å². The number of aryl methyl sites for hydroxylation is 1. The zero-order valence-electron chi connectivity index (χ0n) is 26.1. The minimum atomic E-state index is -1.14. The van der Waals surface area contributed by atoms with Crippen LogP contribution in [-0.4, -0.2) is 74.7 Å². The molecule has 1 amide bonds. The molecule has 6 aliphatic rings. The molecule has 44 heavy (non-hydrogen) atoms. The maximum absolute atomic E-state index is 14.2. The summed E-state index contributed by atoms with van der Waals surface area (Å²) in [5.41, 5.74) is 0.735. The number of likely N-dealkylation sites (tertiary alicyclic amines) is 1. The molecule has 4 saturated carbocycles. The van der Waals surface area contributed by atoms with E-state index >= 15 is 0 Å². The summed E-state index contributed by atoms with van der Waals surface area (Å²) in [6.07, 6.45) is 5.14. The third kappa shape index (κ3) is 5.66. The van der Waals surface area contributed by atoms with Gasteiger partial charge in [0.05, 0.1) is 16.1 Å². The fourth-order valence-corrected chi connectivity index (χ4v) is 8.27. The molecule has 2 aromatic rings. The Balaban J connectivity index is 0.000000331. The van der Waals surface area contributed by atoms with Crippen molar-refractivity contribution in [3.05, 3.63) is 64.7 Å². The van der Waals surface area contributed by atoms with E-state index in [1.165, 1.54) is 5.56 Å². The summed E-state index contributed by atoms with van der Waals surface area (Å²) in [5.74, 6) is 1.14. The van der Waals surface area contributed by atoms with Crippen LogP contribution in [0.2, 0.25) is 5.02 Å². The minimum Gasteiger partial charge on any atom is -0.506 e. The second-order valence-electron chi connectivity index (χ2n) is 14.4. The van der Waals surface area contributed by atoms with Gasteiger partial charge in [-0.25, -0.2) is 4.39 Å². The number of carbonyl (C=O) groups is 1. The number of hydrogen-bond acceptors (Lipinski definition) is 7. The molecule has 2 bridgehead atoms. The molecule has 2 N–H and O–H groups in total. The molecule has 2 heterocycles. The Labute approximate surface area is 263 Å². The average molecular weight is 625 g/mol. The second kappa shape index (κ2) is 11.3. The van der Waals surface area contributed by atoms with Crippen LogP contribution in [0, 0.1) is 12.3 Å². The quantitative estimate of drug-likeness (QED) is 0.459. The number of phenolic OH excluding ortho intramolecular Hbond substituents is 1. The number of aromatic hydroxyl groups is 1. The first kappa shape index (κ1) is 32.1. The van der Waals surface area contributed by atoms with Crippen molar-refractivity contribution in [1.82, 2.24) is 15.1 Å². The third-order valence-electron chi connectivity index (χ3n) is 10.3. The number of phenols is 1.